The lowest BCUT2D eigenvalue weighted by atomic mass is 9.93. The molecule has 0 saturated carbocycles. The van der Waals surface area contributed by atoms with Gasteiger partial charge in [0, 0.05) is 44.0 Å². The number of piperidine rings is 2. The molecule has 0 atom stereocenters. The second kappa shape index (κ2) is 9.54. The van der Waals surface area contributed by atoms with Crippen LogP contribution >= 0.6 is 11.8 Å². The molecule has 32 heavy (non-hydrogen) atoms. The normalized spacial score (nSPS) is 19.0. The zero-order chi connectivity index (χ0) is 21.9. The lowest BCUT2D eigenvalue weighted by Crippen LogP contribution is -2.45. The van der Waals surface area contributed by atoms with E-state index in [2.05, 4.69) is 35.8 Å². The number of aromatic nitrogens is 5. The maximum Gasteiger partial charge on any atom is 0.225 e. The molecule has 3 aromatic rings. The lowest BCUT2D eigenvalue weighted by Gasteiger charge is -2.37. The Morgan fingerprint density at radius 1 is 1.06 bits per heavy atom. The van der Waals surface area contributed by atoms with Gasteiger partial charge in [0.05, 0.1) is 6.20 Å². The van der Waals surface area contributed by atoms with Crippen molar-refractivity contribution in [3.05, 3.63) is 42.4 Å². The van der Waals surface area contributed by atoms with E-state index < -0.39 is 0 Å². The van der Waals surface area contributed by atoms with Crippen molar-refractivity contribution >= 4 is 28.8 Å². The molecule has 0 aliphatic carbocycles. The summed E-state index contributed by atoms with van der Waals surface area (Å²) >= 11 is 1.66. The third-order valence-corrected chi connectivity index (χ3v) is 7.38. The van der Waals surface area contributed by atoms with Crippen LogP contribution in [0.4, 0.5) is 0 Å². The highest BCUT2D eigenvalue weighted by molar-refractivity contribution is 7.98. The third-order valence-electron chi connectivity index (χ3n) is 6.73. The maximum atomic E-state index is 13.2. The van der Waals surface area contributed by atoms with Gasteiger partial charge in [0.1, 0.15) is 5.52 Å². The van der Waals surface area contributed by atoms with Gasteiger partial charge in [-0.3, -0.25) is 9.69 Å². The van der Waals surface area contributed by atoms with Crippen molar-refractivity contribution in [2.45, 2.75) is 43.4 Å². The minimum atomic E-state index is 0.149. The van der Waals surface area contributed by atoms with Gasteiger partial charge in [0.2, 0.25) is 5.91 Å². The van der Waals surface area contributed by atoms with E-state index in [4.69, 9.17) is 4.98 Å². The van der Waals surface area contributed by atoms with Gasteiger partial charge in [-0.05, 0) is 68.8 Å². The van der Waals surface area contributed by atoms with E-state index in [0.29, 0.717) is 11.9 Å². The molecule has 0 bridgehead atoms. The summed E-state index contributed by atoms with van der Waals surface area (Å²) < 4.78 is 2.29. The number of amides is 1. The fourth-order valence-corrected chi connectivity index (χ4v) is 5.61. The Morgan fingerprint density at radius 3 is 2.59 bits per heavy atom. The van der Waals surface area contributed by atoms with Crippen molar-refractivity contribution in [3.63, 3.8) is 0 Å². The molecular weight excluding hydrogens is 422 g/mol. The monoisotopic (exact) mass is 451 g/mol. The van der Waals surface area contributed by atoms with Crippen LogP contribution in [0.2, 0.25) is 0 Å². The van der Waals surface area contributed by atoms with Crippen LogP contribution in [0.1, 0.15) is 37.3 Å². The minimum Gasteiger partial charge on any atom is -0.342 e. The van der Waals surface area contributed by atoms with Crippen LogP contribution in [-0.2, 0) is 11.3 Å². The molecular formula is C23H29N7OS. The predicted molar refractivity (Wildman–Crippen MR) is 124 cm³/mol. The van der Waals surface area contributed by atoms with Crippen LogP contribution < -0.4 is 0 Å². The number of nitrogens with zero attached hydrogens (tertiary/aromatic N) is 7. The van der Waals surface area contributed by atoms with Crippen LogP contribution in [0.5, 0.6) is 0 Å². The number of fused-ring (bicyclic) bond motifs is 1. The Morgan fingerprint density at radius 2 is 1.88 bits per heavy atom. The van der Waals surface area contributed by atoms with Crippen molar-refractivity contribution in [2.24, 2.45) is 5.92 Å². The average molecular weight is 452 g/mol. The lowest BCUT2D eigenvalue weighted by molar-refractivity contribution is -0.138. The Bertz CT molecular complexity index is 1060. The van der Waals surface area contributed by atoms with Gasteiger partial charge in [-0.25, -0.2) is 9.97 Å². The molecule has 8 nitrogen and oxygen atoms in total. The molecule has 2 aliphatic rings. The molecule has 5 heterocycles. The SMILES string of the molecule is CSc1nc2cccnc2n1C1CCN(C(=O)C2CCN(Cc3ccnnc3)CC2)CC1. The quantitative estimate of drug-likeness (QED) is 0.552. The number of likely N-dealkylation sites (tertiary alicyclic amines) is 2. The molecule has 168 valence electrons. The highest BCUT2D eigenvalue weighted by Crippen LogP contribution is 2.32. The summed E-state index contributed by atoms with van der Waals surface area (Å²) in [6.45, 7) is 4.42. The van der Waals surface area contributed by atoms with Crippen LogP contribution in [-0.4, -0.2) is 72.9 Å². The molecule has 5 rings (SSSR count). The summed E-state index contributed by atoms with van der Waals surface area (Å²) in [7, 11) is 0. The minimum absolute atomic E-state index is 0.149. The van der Waals surface area contributed by atoms with E-state index in [1.165, 1.54) is 5.56 Å². The topological polar surface area (TPSA) is 80.0 Å². The van der Waals surface area contributed by atoms with Gasteiger partial charge >= 0.3 is 0 Å². The van der Waals surface area contributed by atoms with E-state index >= 15 is 0 Å². The number of carbonyl (C=O) groups excluding carboxylic acids is 1. The van der Waals surface area contributed by atoms with E-state index in [1.54, 1.807) is 18.0 Å². The van der Waals surface area contributed by atoms with Crippen molar-refractivity contribution in [3.8, 4) is 0 Å². The van der Waals surface area contributed by atoms with Gasteiger partial charge < -0.3 is 9.47 Å². The standard InChI is InChI=1S/C23H29N7OS/c1-32-23-27-20-3-2-9-24-21(20)30(23)19-7-13-29(14-8-19)22(31)18-5-11-28(12-6-18)16-17-4-10-25-26-15-17/h2-4,9-10,15,18-19H,5-8,11-14,16H2,1H3. The predicted octanol–water partition coefficient (Wildman–Crippen LogP) is 3.02. The van der Waals surface area contributed by atoms with Crippen molar-refractivity contribution in [1.82, 2.24) is 34.5 Å². The molecule has 2 aliphatic heterocycles. The number of pyridine rings is 1. The smallest absolute Gasteiger partial charge is 0.225 e. The Balaban J connectivity index is 1.16. The Labute approximate surface area is 192 Å². The first-order chi connectivity index (χ1) is 15.7. The summed E-state index contributed by atoms with van der Waals surface area (Å²) in [5, 5.41) is 8.82. The molecule has 0 N–H and O–H groups in total. The molecule has 0 aromatic carbocycles. The van der Waals surface area contributed by atoms with E-state index in [-0.39, 0.29) is 5.92 Å². The highest BCUT2D eigenvalue weighted by atomic mass is 32.2. The highest BCUT2D eigenvalue weighted by Gasteiger charge is 2.32. The number of hydrogen-bond donors (Lipinski definition) is 0. The summed E-state index contributed by atoms with van der Waals surface area (Å²) in [4.78, 5) is 27.0. The van der Waals surface area contributed by atoms with E-state index in [9.17, 15) is 4.79 Å². The Hall–Kier alpha value is -2.52. The molecule has 3 aromatic heterocycles. The second-order valence-electron chi connectivity index (χ2n) is 8.67. The number of carbonyl (C=O) groups is 1. The Kier molecular flexibility index (Phi) is 6.36. The molecule has 0 unspecified atom stereocenters. The number of thioether (sulfide) groups is 1. The van der Waals surface area contributed by atoms with Gasteiger partial charge in [-0.15, -0.1) is 0 Å². The first-order valence-electron chi connectivity index (χ1n) is 11.4. The van der Waals surface area contributed by atoms with Crippen molar-refractivity contribution < 1.29 is 4.79 Å². The van der Waals surface area contributed by atoms with Gasteiger partial charge in [-0.1, -0.05) is 11.8 Å². The third kappa shape index (κ3) is 4.36. The van der Waals surface area contributed by atoms with Crippen molar-refractivity contribution in [2.75, 3.05) is 32.4 Å². The zero-order valence-electron chi connectivity index (χ0n) is 18.4. The van der Waals surface area contributed by atoms with Gasteiger partial charge in [0.25, 0.3) is 0 Å². The number of rotatable bonds is 5. The molecule has 2 saturated heterocycles. The second-order valence-corrected chi connectivity index (χ2v) is 9.45. The number of imidazole rings is 1. The maximum absolute atomic E-state index is 13.2. The molecule has 9 heteroatoms. The van der Waals surface area contributed by atoms with Crippen LogP contribution in [0.25, 0.3) is 11.2 Å². The fourth-order valence-electron chi connectivity index (χ4n) is 4.99. The average Bonchev–Trinajstić information content (AvgIpc) is 3.23. The van der Waals surface area contributed by atoms with Crippen LogP contribution in [0.3, 0.4) is 0 Å². The zero-order valence-corrected chi connectivity index (χ0v) is 19.2. The summed E-state index contributed by atoms with van der Waals surface area (Å²) in [5.74, 6) is 0.489. The van der Waals surface area contributed by atoms with Gasteiger partial charge in [-0.2, -0.15) is 10.2 Å². The van der Waals surface area contributed by atoms with E-state index in [1.807, 2.05) is 30.6 Å². The fraction of sp³-hybridized carbons (Fsp3) is 0.522. The van der Waals surface area contributed by atoms with Crippen molar-refractivity contribution in [1.29, 1.82) is 0 Å². The van der Waals surface area contributed by atoms with Crippen LogP contribution in [0, 0.1) is 5.92 Å². The molecule has 0 spiro atoms. The molecule has 0 radical (unpaired) electrons. The first kappa shape index (κ1) is 21.3. The van der Waals surface area contributed by atoms with Gasteiger partial charge in [0.15, 0.2) is 10.8 Å². The molecule has 2 fully saturated rings. The van der Waals surface area contributed by atoms with E-state index in [0.717, 1.165) is 74.7 Å². The van der Waals surface area contributed by atoms with Crippen LogP contribution in [0.15, 0.2) is 41.9 Å². The summed E-state index contributed by atoms with van der Waals surface area (Å²) in [6.07, 6.45) is 11.2. The largest absolute Gasteiger partial charge is 0.342 e. The number of hydrogen-bond acceptors (Lipinski definition) is 7. The summed E-state index contributed by atoms with van der Waals surface area (Å²) in [6, 6.07) is 6.31. The summed E-state index contributed by atoms with van der Waals surface area (Å²) in [5.41, 5.74) is 3.08. The molecule has 1 amide bonds. The first-order valence-corrected chi connectivity index (χ1v) is 12.6.